The minimum absolute atomic E-state index is 0.0339. The number of hydrogen-bond acceptors (Lipinski definition) is 10. The monoisotopic (exact) mass is 570 g/mol. The smallest absolute Gasteiger partial charge is 0.255 e. The first-order valence-corrected chi connectivity index (χ1v) is 13.7. The molecule has 0 bridgehead atoms. The molecule has 220 valence electrons. The van der Waals surface area contributed by atoms with Gasteiger partial charge in [-0.05, 0) is 45.7 Å². The van der Waals surface area contributed by atoms with E-state index in [2.05, 4.69) is 17.2 Å². The van der Waals surface area contributed by atoms with E-state index in [1.807, 2.05) is 0 Å². The third-order valence-corrected chi connectivity index (χ3v) is 8.94. The predicted molar refractivity (Wildman–Crippen MR) is 147 cm³/mol. The third kappa shape index (κ3) is 4.41. The van der Waals surface area contributed by atoms with Crippen molar-refractivity contribution in [3.05, 3.63) is 52.2 Å². The normalized spacial score (nSPS) is 28.1. The van der Waals surface area contributed by atoms with Crippen molar-refractivity contribution in [2.24, 2.45) is 17.6 Å². The van der Waals surface area contributed by atoms with E-state index >= 15 is 4.39 Å². The van der Waals surface area contributed by atoms with Crippen LogP contribution in [-0.4, -0.2) is 81.1 Å². The number of phenolic OH excluding ortho intramolecular Hbond substituents is 1. The molecule has 0 spiro atoms. The number of carbonyl (C=O) groups is 3. The number of phenols is 1. The van der Waals surface area contributed by atoms with E-state index in [0.29, 0.717) is 18.3 Å². The van der Waals surface area contributed by atoms with E-state index in [-0.39, 0.29) is 35.2 Å². The second-order valence-electron chi connectivity index (χ2n) is 11.7. The summed E-state index contributed by atoms with van der Waals surface area (Å²) >= 11 is 0. The van der Waals surface area contributed by atoms with Crippen LogP contribution < -0.4 is 16.4 Å². The molecule has 4 aliphatic carbocycles. The summed E-state index contributed by atoms with van der Waals surface area (Å²) in [6, 6.07) is 0.234. The molecule has 5 rings (SSSR count). The number of Topliss-reactive ketones (excluding diaryl/α,β-unsaturated/α-hetero) is 2. The molecule has 2 saturated carbocycles. The summed E-state index contributed by atoms with van der Waals surface area (Å²) in [5, 5.41) is 51.3. The number of anilines is 1. The first-order chi connectivity index (χ1) is 19.3. The summed E-state index contributed by atoms with van der Waals surface area (Å²) in [7, 11) is 3.02. The first kappa shape index (κ1) is 28.8. The fraction of sp³-hybridized carbons (Fsp3) is 0.483. The summed E-state index contributed by atoms with van der Waals surface area (Å²) in [5.74, 6) is -8.58. The molecule has 1 aromatic rings. The van der Waals surface area contributed by atoms with E-state index < -0.39 is 69.6 Å². The fourth-order valence-electron chi connectivity index (χ4n) is 6.99. The van der Waals surface area contributed by atoms with E-state index in [1.165, 1.54) is 19.0 Å². The Bertz CT molecular complexity index is 1430. The van der Waals surface area contributed by atoms with Gasteiger partial charge in [-0.2, -0.15) is 0 Å². The zero-order valence-electron chi connectivity index (χ0n) is 23.0. The van der Waals surface area contributed by atoms with Crippen LogP contribution in [0.15, 0.2) is 35.2 Å². The average molecular weight is 571 g/mol. The molecular weight excluding hydrogens is 535 g/mol. The quantitative estimate of drug-likeness (QED) is 0.187. The number of nitrogens with one attached hydrogen (secondary N) is 2. The molecule has 0 saturated heterocycles. The van der Waals surface area contributed by atoms with Crippen LogP contribution in [0.3, 0.4) is 0 Å². The molecule has 4 atom stereocenters. The highest BCUT2D eigenvalue weighted by atomic mass is 19.1. The molecule has 1 amide bonds. The summed E-state index contributed by atoms with van der Waals surface area (Å²) in [6.45, 7) is 4.30. The predicted octanol–water partition coefficient (Wildman–Crippen LogP) is 1.56. The van der Waals surface area contributed by atoms with Crippen LogP contribution in [0.2, 0.25) is 0 Å². The number of aromatic hydroxyl groups is 1. The number of ketones is 2. The van der Waals surface area contributed by atoms with Gasteiger partial charge in [0.2, 0.25) is 5.78 Å². The minimum Gasteiger partial charge on any atom is -0.508 e. The highest BCUT2D eigenvalue weighted by Gasteiger charge is 2.64. The van der Waals surface area contributed by atoms with Crippen LogP contribution in [0.4, 0.5) is 10.1 Å². The number of primary amides is 1. The van der Waals surface area contributed by atoms with Crippen LogP contribution >= 0.6 is 0 Å². The second kappa shape index (κ2) is 10.3. The summed E-state index contributed by atoms with van der Waals surface area (Å²) in [4.78, 5) is 40.5. The topological polar surface area (TPSA) is 185 Å². The number of fused-ring (bicyclic) bond motifs is 3. The standard InChI is InChI=1S/C29H35FN4O7/c1-12(11-32-14-6-4-5-7-14)33-18-10-17(30)15-8-13-9-16-22(34(2)3)25(37)21(28(31)40)27(39)29(16,41)26(38)19(13)24(36)20(15)23(18)35/h10,13-14,16,22,32-33,35-36,39,41H,1,4-9,11H2,2-3H3,(H2,31,40)/t13-,16-,22-,29-/m0/s1. The molecule has 0 aromatic heterocycles. The molecule has 12 heteroatoms. The lowest BCUT2D eigenvalue weighted by Crippen LogP contribution is -2.65. The van der Waals surface area contributed by atoms with Gasteiger partial charge < -0.3 is 36.8 Å². The number of hydrogen-bond donors (Lipinski definition) is 7. The van der Waals surface area contributed by atoms with Crippen molar-refractivity contribution in [3.63, 3.8) is 0 Å². The molecule has 11 nitrogen and oxygen atoms in total. The third-order valence-electron chi connectivity index (χ3n) is 8.94. The van der Waals surface area contributed by atoms with Crippen molar-refractivity contribution >= 4 is 28.9 Å². The van der Waals surface area contributed by atoms with Gasteiger partial charge in [-0.3, -0.25) is 19.3 Å². The molecule has 0 aliphatic heterocycles. The van der Waals surface area contributed by atoms with Gasteiger partial charge in [-0.1, -0.05) is 19.4 Å². The van der Waals surface area contributed by atoms with Gasteiger partial charge in [0.25, 0.3) is 5.91 Å². The van der Waals surface area contributed by atoms with Gasteiger partial charge in [-0.15, -0.1) is 0 Å². The lowest BCUT2D eigenvalue weighted by Gasteiger charge is -2.50. The highest BCUT2D eigenvalue weighted by molar-refractivity contribution is 6.24. The second-order valence-corrected chi connectivity index (χ2v) is 11.7. The van der Waals surface area contributed by atoms with E-state index in [1.54, 1.807) is 0 Å². The lowest BCUT2D eigenvalue weighted by molar-refractivity contribution is -0.153. The minimum atomic E-state index is -2.76. The number of carbonyl (C=O) groups excluding carboxylic acids is 3. The largest absolute Gasteiger partial charge is 0.508 e. The number of amides is 1. The zero-order chi connectivity index (χ0) is 30.0. The van der Waals surface area contributed by atoms with Gasteiger partial charge in [0.15, 0.2) is 11.4 Å². The lowest BCUT2D eigenvalue weighted by atomic mass is 9.57. The van der Waals surface area contributed by atoms with Crippen LogP contribution in [0.1, 0.15) is 43.2 Å². The SMILES string of the molecule is C=C(CNC1CCCC1)Nc1cc(F)c2c(c1O)C(O)=C1C(=O)[C@]3(O)C(O)=C(C(N)=O)C(=O)[C@@H](N(C)C)[C@@H]3C[C@@H]1C2. The number of nitrogens with zero attached hydrogens (tertiary/aromatic N) is 1. The van der Waals surface area contributed by atoms with Gasteiger partial charge in [0.05, 0.1) is 17.3 Å². The Hall–Kier alpha value is -3.74. The number of nitrogens with two attached hydrogens (primary N) is 1. The van der Waals surface area contributed by atoms with Crippen molar-refractivity contribution in [2.45, 2.75) is 56.2 Å². The van der Waals surface area contributed by atoms with E-state index in [0.717, 1.165) is 31.7 Å². The summed E-state index contributed by atoms with van der Waals surface area (Å²) in [6.07, 6.45) is 4.13. The van der Waals surface area contributed by atoms with Crippen molar-refractivity contribution in [1.29, 1.82) is 0 Å². The van der Waals surface area contributed by atoms with E-state index in [4.69, 9.17) is 5.73 Å². The van der Waals surface area contributed by atoms with Crippen LogP contribution in [0.5, 0.6) is 5.75 Å². The summed E-state index contributed by atoms with van der Waals surface area (Å²) < 4.78 is 15.5. The molecule has 4 aliphatic rings. The van der Waals surface area contributed by atoms with Gasteiger partial charge in [-0.25, -0.2) is 4.39 Å². The number of benzene rings is 1. The van der Waals surface area contributed by atoms with Gasteiger partial charge in [0.1, 0.15) is 28.7 Å². The maximum atomic E-state index is 15.5. The molecule has 2 fully saturated rings. The van der Waals surface area contributed by atoms with Crippen molar-refractivity contribution < 1.29 is 39.2 Å². The first-order valence-electron chi connectivity index (χ1n) is 13.7. The highest BCUT2D eigenvalue weighted by Crippen LogP contribution is 2.53. The van der Waals surface area contributed by atoms with Crippen LogP contribution in [-0.2, 0) is 20.8 Å². The molecule has 0 heterocycles. The van der Waals surface area contributed by atoms with E-state index in [9.17, 15) is 34.8 Å². The number of halogens is 1. The molecule has 8 N–H and O–H groups in total. The Kier molecular flexibility index (Phi) is 7.21. The average Bonchev–Trinajstić information content (AvgIpc) is 3.41. The fourth-order valence-corrected chi connectivity index (χ4v) is 6.99. The number of aliphatic hydroxyl groups is 3. The Morgan fingerprint density at radius 2 is 1.88 bits per heavy atom. The molecular formula is C29H35FN4O7. The van der Waals surface area contributed by atoms with Crippen molar-refractivity contribution in [3.8, 4) is 5.75 Å². The van der Waals surface area contributed by atoms with Crippen LogP contribution in [0.25, 0.3) is 5.76 Å². The van der Waals surface area contributed by atoms with Crippen molar-refractivity contribution in [2.75, 3.05) is 26.0 Å². The Balaban J connectivity index is 1.55. The Morgan fingerprint density at radius 1 is 1.22 bits per heavy atom. The van der Waals surface area contributed by atoms with Crippen LogP contribution in [0, 0.1) is 17.7 Å². The van der Waals surface area contributed by atoms with Crippen molar-refractivity contribution in [1.82, 2.24) is 10.2 Å². The van der Waals surface area contributed by atoms with Gasteiger partial charge in [0, 0.05) is 41.4 Å². The Morgan fingerprint density at radius 3 is 2.49 bits per heavy atom. The maximum absolute atomic E-state index is 15.5. The molecule has 0 radical (unpaired) electrons. The molecule has 0 unspecified atom stereocenters. The zero-order valence-corrected chi connectivity index (χ0v) is 23.0. The number of rotatable bonds is 7. The number of aliphatic hydroxyl groups excluding tert-OH is 2. The Labute approximate surface area is 236 Å². The maximum Gasteiger partial charge on any atom is 0.255 e. The summed E-state index contributed by atoms with van der Waals surface area (Å²) in [5.41, 5.74) is 1.38. The molecule has 1 aromatic carbocycles. The number of likely N-dealkylation sites (N-methyl/N-ethyl adjacent to an activating group) is 1. The molecule has 41 heavy (non-hydrogen) atoms. The van der Waals surface area contributed by atoms with Gasteiger partial charge >= 0.3 is 0 Å².